The summed E-state index contributed by atoms with van der Waals surface area (Å²) in [5, 5.41) is 0. The van der Waals surface area contributed by atoms with Crippen molar-refractivity contribution in [2.24, 2.45) is 17.3 Å². The second-order valence-electron chi connectivity index (χ2n) is 7.15. The molecule has 2 aliphatic rings. The van der Waals surface area contributed by atoms with Crippen LogP contribution in [-0.2, 0) is 11.3 Å². The van der Waals surface area contributed by atoms with E-state index >= 15 is 0 Å². The van der Waals surface area contributed by atoms with Crippen LogP contribution in [0.1, 0.15) is 52.1 Å². The summed E-state index contributed by atoms with van der Waals surface area (Å²) in [4.78, 5) is 4.34. The summed E-state index contributed by atoms with van der Waals surface area (Å²) in [5.74, 6) is 1.60. The molecular formula is C19H27NO. The van der Waals surface area contributed by atoms with Gasteiger partial charge in [-0.25, -0.2) is 0 Å². The molecule has 0 spiro atoms. The summed E-state index contributed by atoms with van der Waals surface area (Å²) >= 11 is 0. The molecule has 1 aromatic heterocycles. The largest absolute Gasteiger partial charge is 0.372 e. The molecule has 0 radical (unpaired) electrons. The molecule has 1 aromatic rings. The third-order valence-corrected chi connectivity index (χ3v) is 5.95. The molecule has 21 heavy (non-hydrogen) atoms. The van der Waals surface area contributed by atoms with Crippen molar-refractivity contribution < 1.29 is 4.74 Å². The molecular weight excluding hydrogens is 258 g/mol. The number of fused-ring (bicyclic) bond motifs is 1. The van der Waals surface area contributed by atoms with E-state index in [-0.39, 0.29) is 0 Å². The molecule has 1 heterocycles. The van der Waals surface area contributed by atoms with Gasteiger partial charge in [-0.2, -0.15) is 0 Å². The Bertz CT molecular complexity index is 510. The van der Waals surface area contributed by atoms with Crippen LogP contribution in [0.2, 0.25) is 0 Å². The highest BCUT2D eigenvalue weighted by molar-refractivity contribution is 5.22. The van der Waals surface area contributed by atoms with Gasteiger partial charge in [0.05, 0.1) is 18.4 Å². The van der Waals surface area contributed by atoms with Gasteiger partial charge in [0.15, 0.2) is 0 Å². The van der Waals surface area contributed by atoms with Gasteiger partial charge in [-0.3, -0.25) is 4.98 Å². The van der Waals surface area contributed by atoms with Crippen LogP contribution in [0.4, 0.5) is 0 Å². The number of hydrogen-bond acceptors (Lipinski definition) is 2. The summed E-state index contributed by atoms with van der Waals surface area (Å²) in [5.41, 5.74) is 3.08. The molecule has 2 heteroatoms. The minimum atomic E-state index is 0.368. The highest BCUT2D eigenvalue weighted by atomic mass is 16.5. The van der Waals surface area contributed by atoms with Crippen LogP contribution < -0.4 is 0 Å². The van der Waals surface area contributed by atoms with Gasteiger partial charge < -0.3 is 4.74 Å². The summed E-state index contributed by atoms with van der Waals surface area (Å²) in [6, 6.07) is 6.01. The molecule has 0 bridgehead atoms. The van der Waals surface area contributed by atoms with E-state index in [2.05, 4.69) is 31.8 Å². The maximum atomic E-state index is 6.12. The van der Waals surface area contributed by atoms with E-state index in [1.807, 2.05) is 24.4 Å². The number of rotatable bonds is 3. The Morgan fingerprint density at radius 3 is 2.95 bits per heavy atom. The molecule has 2 nitrogen and oxygen atoms in total. The first-order valence-electron chi connectivity index (χ1n) is 8.30. The molecule has 2 unspecified atom stereocenters. The minimum Gasteiger partial charge on any atom is -0.372 e. The number of hydrogen-bond donors (Lipinski definition) is 0. The molecule has 1 saturated carbocycles. The Morgan fingerprint density at radius 2 is 2.19 bits per heavy atom. The first-order valence-corrected chi connectivity index (χ1v) is 8.30. The number of aromatic nitrogens is 1. The maximum Gasteiger partial charge on any atom is 0.0891 e. The van der Waals surface area contributed by atoms with Crippen LogP contribution >= 0.6 is 0 Å². The quantitative estimate of drug-likeness (QED) is 0.747. The Kier molecular flexibility index (Phi) is 4.17. The van der Waals surface area contributed by atoms with Crippen LogP contribution in [0.15, 0.2) is 36.0 Å². The lowest BCUT2D eigenvalue weighted by atomic mass is 9.57. The van der Waals surface area contributed by atoms with Crippen LogP contribution in [0, 0.1) is 17.3 Å². The lowest BCUT2D eigenvalue weighted by molar-refractivity contribution is -0.00554. The Hall–Kier alpha value is -1.15. The van der Waals surface area contributed by atoms with E-state index in [0.29, 0.717) is 18.1 Å². The van der Waals surface area contributed by atoms with Gasteiger partial charge in [0.1, 0.15) is 0 Å². The zero-order valence-electron chi connectivity index (χ0n) is 13.5. The van der Waals surface area contributed by atoms with Crippen molar-refractivity contribution >= 4 is 0 Å². The van der Waals surface area contributed by atoms with E-state index in [9.17, 15) is 0 Å². The fourth-order valence-electron chi connectivity index (χ4n) is 4.03. The molecule has 0 aliphatic heterocycles. The van der Waals surface area contributed by atoms with Gasteiger partial charge in [-0.1, -0.05) is 38.5 Å². The smallest absolute Gasteiger partial charge is 0.0891 e. The van der Waals surface area contributed by atoms with E-state index in [4.69, 9.17) is 4.74 Å². The molecule has 0 amide bonds. The number of nitrogens with zero attached hydrogens (tertiary/aromatic N) is 1. The van der Waals surface area contributed by atoms with Gasteiger partial charge in [-0.15, -0.1) is 0 Å². The van der Waals surface area contributed by atoms with Gasteiger partial charge in [-0.05, 0) is 55.1 Å². The highest BCUT2D eigenvalue weighted by Gasteiger charge is 2.43. The summed E-state index contributed by atoms with van der Waals surface area (Å²) in [6.45, 7) is 7.94. The van der Waals surface area contributed by atoms with Crippen LogP contribution in [0.3, 0.4) is 0 Å². The second-order valence-corrected chi connectivity index (χ2v) is 7.15. The van der Waals surface area contributed by atoms with Crippen LogP contribution in [-0.4, -0.2) is 11.1 Å². The summed E-state index contributed by atoms with van der Waals surface area (Å²) in [6.07, 6.45) is 9.49. The predicted octanol–water partition coefficient (Wildman–Crippen LogP) is 4.76. The van der Waals surface area contributed by atoms with Gasteiger partial charge in [0.2, 0.25) is 0 Å². The zero-order chi connectivity index (χ0) is 14.9. The van der Waals surface area contributed by atoms with Crippen molar-refractivity contribution in [1.82, 2.24) is 4.98 Å². The minimum absolute atomic E-state index is 0.368. The lowest BCUT2D eigenvalue weighted by Crippen LogP contribution is -2.40. The fourth-order valence-corrected chi connectivity index (χ4v) is 4.03. The average Bonchev–Trinajstić information content (AvgIpc) is 2.51. The number of ether oxygens (including phenoxy) is 1. The number of pyridine rings is 1. The first kappa shape index (κ1) is 14.8. The van der Waals surface area contributed by atoms with Crippen LogP contribution in [0.25, 0.3) is 0 Å². The molecule has 114 valence electrons. The van der Waals surface area contributed by atoms with Gasteiger partial charge in [0.25, 0.3) is 0 Å². The van der Waals surface area contributed by atoms with Crippen molar-refractivity contribution in [3.8, 4) is 0 Å². The highest BCUT2D eigenvalue weighted by Crippen LogP contribution is 2.52. The fraction of sp³-hybridized carbons (Fsp3) is 0.632. The Balaban J connectivity index is 1.62. The summed E-state index contributed by atoms with van der Waals surface area (Å²) in [7, 11) is 0. The zero-order valence-corrected chi connectivity index (χ0v) is 13.5. The molecule has 0 saturated heterocycles. The normalized spacial score (nSPS) is 36.0. The van der Waals surface area contributed by atoms with Crippen molar-refractivity contribution in [1.29, 1.82) is 0 Å². The second kappa shape index (κ2) is 5.92. The molecule has 2 aliphatic carbocycles. The average molecular weight is 285 g/mol. The topological polar surface area (TPSA) is 22.1 Å². The molecule has 0 aromatic carbocycles. The predicted molar refractivity (Wildman–Crippen MR) is 85.8 cm³/mol. The Labute approximate surface area is 128 Å². The molecule has 0 N–H and O–H groups in total. The monoisotopic (exact) mass is 285 g/mol. The van der Waals surface area contributed by atoms with Crippen LogP contribution in [0.5, 0.6) is 0 Å². The third-order valence-electron chi connectivity index (χ3n) is 5.95. The van der Waals surface area contributed by atoms with Gasteiger partial charge in [0, 0.05) is 6.20 Å². The van der Waals surface area contributed by atoms with Crippen molar-refractivity contribution in [2.45, 2.75) is 59.2 Å². The summed E-state index contributed by atoms with van der Waals surface area (Å²) < 4.78 is 6.12. The Morgan fingerprint density at radius 1 is 1.33 bits per heavy atom. The SMILES string of the molecule is CC1CC=C2C[C@@H](OCc3ccccn3)CC[C@]2(C)C1C. The van der Waals surface area contributed by atoms with Crippen molar-refractivity contribution in [3.05, 3.63) is 41.7 Å². The van der Waals surface area contributed by atoms with E-state index in [1.54, 1.807) is 5.57 Å². The lowest BCUT2D eigenvalue weighted by Gasteiger charge is -2.49. The third kappa shape index (κ3) is 2.91. The van der Waals surface area contributed by atoms with Gasteiger partial charge >= 0.3 is 0 Å². The van der Waals surface area contributed by atoms with E-state index in [1.165, 1.54) is 19.3 Å². The molecule has 3 rings (SSSR count). The van der Waals surface area contributed by atoms with Crippen molar-refractivity contribution in [3.63, 3.8) is 0 Å². The van der Waals surface area contributed by atoms with E-state index in [0.717, 1.165) is 24.0 Å². The first-order chi connectivity index (χ1) is 10.1. The molecule has 4 atom stereocenters. The molecule has 1 fully saturated rings. The van der Waals surface area contributed by atoms with Crippen molar-refractivity contribution in [2.75, 3.05) is 0 Å². The maximum absolute atomic E-state index is 6.12. The number of allylic oxidation sites excluding steroid dienone is 1. The van der Waals surface area contributed by atoms with E-state index < -0.39 is 0 Å². The standard InChI is InChI=1S/C19H27NO/c1-14-7-8-16-12-18(9-10-19(16,3)15(14)2)21-13-17-6-4-5-11-20-17/h4-6,8,11,14-15,18H,7,9-10,12-13H2,1-3H3/t14?,15?,18-,19+/m0/s1.